The van der Waals surface area contributed by atoms with E-state index in [1.54, 1.807) is 13.8 Å². The molecule has 8 heteroatoms. The zero-order chi connectivity index (χ0) is 20.3. The Hall–Kier alpha value is -2.63. The monoisotopic (exact) mass is 401 g/mol. The molecule has 0 fully saturated rings. The molecular weight excluding hydrogens is 378 g/mol. The fraction of sp³-hybridized carbons (Fsp3) is 0.450. The second-order valence-electron chi connectivity index (χ2n) is 6.73. The number of nitrogens with zero attached hydrogens (tertiary/aromatic N) is 1. The number of ether oxygens (including phenoxy) is 2. The Morgan fingerprint density at radius 2 is 2.00 bits per heavy atom. The number of carbonyl (C=O) groups is 2. The molecule has 2 aromatic heterocycles. The first-order valence-corrected chi connectivity index (χ1v) is 10.0. The smallest absolute Gasteiger partial charge is 0.340 e. The molecule has 2 N–H and O–H groups in total. The number of rotatable bonds is 6. The molecule has 0 atom stereocenters. The van der Waals surface area contributed by atoms with Crippen LogP contribution in [0.3, 0.4) is 0 Å². The second-order valence-corrected chi connectivity index (χ2v) is 7.84. The number of carbonyl (C=O) groups excluding carboxylic acids is 2. The van der Waals surface area contributed by atoms with Gasteiger partial charge in [0.2, 0.25) is 0 Å². The van der Waals surface area contributed by atoms with E-state index in [-0.39, 0.29) is 12.5 Å². The van der Waals surface area contributed by atoms with Gasteiger partial charge in [0.25, 0.3) is 5.91 Å². The van der Waals surface area contributed by atoms with Gasteiger partial charge in [0, 0.05) is 17.7 Å². The Balaban J connectivity index is 1.83. The number of anilines is 1. The first-order valence-electron chi connectivity index (χ1n) is 9.19. The number of methoxy groups -OCH3 is 1. The van der Waals surface area contributed by atoms with Crippen LogP contribution in [-0.4, -0.2) is 37.2 Å². The van der Waals surface area contributed by atoms with Crippen LogP contribution < -0.4 is 5.32 Å². The van der Waals surface area contributed by atoms with Crippen molar-refractivity contribution >= 4 is 28.2 Å². The summed E-state index contributed by atoms with van der Waals surface area (Å²) < 4.78 is 10.1. The highest BCUT2D eigenvalue weighted by Gasteiger charge is 2.26. The first kappa shape index (κ1) is 20.1. The summed E-state index contributed by atoms with van der Waals surface area (Å²) in [7, 11) is 1.53. The largest absolute Gasteiger partial charge is 0.460 e. The molecule has 2 aromatic rings. The summed E-state index contributed by atoms with van der Waals surface area (Å²) in [6, 6.07) is 2.24. The molecule has 0 saturated carbocycles. The molecule has 0 aliphatic heterocycles. The minimum atomic E-state index is -0.494. The van der Waals surface area contributed by atoms with Crippen LogP contribution in [0.15, 0.2) is 0 Å². The predicted octanol–water partition coefficient (Wildman–Crippen LogP) is 3.50. The number of thiophene rings is 1. The zero-order valence-corrected chi connectivity index (χ0v) is 17.0. The molecule has 0 bridgehead atoms. The van der Waals surface area contributed by atoms with Gasteiger partial charge in [-0.1, -0.05) is 0 Å². The third-order valence-electron chi connectivity index (χ3n) is 4.90. The lowest BCUT2D eigenvalue weighted by Crippen LogP contribution is -2.14. The van der Waals surface area contributed by atoms with Crippen molar-refractivity contribution in [3.05, 3.63) is 38.5 Å². The minimum Gasteiger partial charge on any atom is -0.460 e. The molecule has 148 valence electrons. The Kier molecular flexibility index (Phi) is 6.17. The van der Waals surface area contributed by atoms with Gasteiger partial charge in [0.1, 0.15) is 23.4 Å². The van der Waals surface area contributed by atoms with Gasteiger partial charge >= 0.3 is 5.97 Å². The maximum absolute atomic E-state index is 12.8. The summed E-state index contributed by atoms with van der Waals surface area (Å²) in [5.41, 5.74) is 3.37. The van der Waals surface area contributed by atoms with Gasteiger partial charge in [-0.05, 0) is 50.7 Å². The standard InChI is InChI=1S/C20H23N3O4S/c1-11-16(20(25)27-9-8-26-3)12(2)22-17(11)18(24)23-19-14(10-21)13-6-4-5-7-15(13)28-19/h22H,4-9H2,1-3H3,(H,23,24). The number of amides is 1. The number of hydrogen-bond donors (Lipinski definition) is 2. The number of H-pyrrole nitrogens is 1. The van der Waals surface area contributed by atoms with E-state index >= 15 is 0 Å². The molecule has 0 spiro atoms. The first-order chi connectivity index (χ1) is 13.5. The molecule has 7 nitrogen and oxygen atoms in total. The predicted molar refractivity (Wildman–Crippen MR) is 106 cm³/mol. The Morgan fingerprint density at radius 3 is 2.71 bits per heavy atom. The Bertz CT molecular complexity index is 952. The molecule has 28 heavy (non-hydrogen) atoms. The Labute approximate surface area is 167 Å². The summed E-state index contributed by atoms with van der Waals surface area (Å²) in [4.78, 5) is 29.3. The summed E-state index contributed by atoms with van der Waals surface area (Å²) in [6.45, 7) is 3.88. The van der Waals surface area contributed by atoms with Crippen LogP contribution >= 0.6 is 11.3 Å². The molecule has 1 aliphatic carbocycles. The lowest BCUT2D eigenvalue weighted by molar-refractivity contribution is 0.0387. The fourth-order valence-electron chi connectivity index (χ4n) is 3.51. The summed E-state index contributed by atoms with van der Waals surface area (Å²) in [6.07, 6.45) is 4.00. The van der Waals surface area contributed by atoms with Gasteiger partial charge in [0.05, 0.1) is 17.7 Å². The molecule has 1 amide bonds. The van der Waals surface area contributed by atoms with Crippen LogP contribution in [0.25, 0.3) is 0 Å². The maximum Gasteiger partial charge on any atom is 0.340 e. The highest BCUT2D eigenvalue weighted by Crippen LogP contribution is 2.38. The summed E-state index contributed by atoms with van der Waals surface area (Å²) >= 11 is 1.47. The minimum absolute atomic E-state index is 0.146. The average molecular weight is 401 g/mol. The molecule has 0 saturated heterocycles. The van der Waals surface area contributed by atoms with Crippen LogP contribution in [0.1, 0.15) is 60.9 Å². The molecule has 3 rings (SSSR count). The highest BCUT2D eigenvalue weighted by atomic mass is 32.1. The third kappa shape index (κ3) is 3.81. The van der Waals surface area contributed by atoms with Crippen molar-refractivity contribution in [2.45, 2.75) is 39.5 Å². The van der Waals surface area contributed by atoms with E-state index in [4.69, 9.17) is 9.47 Å². The van der Waals surface area contributed by atoms with Crippen molar-refractivity contribution in [1.82, 2.24) is 4.98 Å². The summed E-state index contributed by atoms with van der Waals surface area (Å²) in [5.74, 6) is -0.863. The molecule has 2 heterocycles. The highest BCUT2D eigenvalue weighted by molar-refractivity contribution is 7.16. The van der Waals surface area contributed by atoms with E-state index in [1.165, 1.54) is 23.3 Å². The average Bonchev–Trinajstić information content (AvgIpc) is 3.17. The van der Waals surface area contributed by atoms with Crippen molar-refractivity contribution in [1.29, 1.82) is 5.26 Å². The number of nitrogens with one attached hydrogen (secondary N) is 2. The van der Waals surface area contributed by atoms with E-state index in [1.807, 2.05) is 0 Å². The van der Waals surface area contributed by atoms with E-state index < -0.39 is 5.97 Å². The normalized spacial score (nSPS) is 12.9. The van der Waals surface area contributed by atoms with Crippen LogP contribution in [0.2, 0.25) is 0 Å². The van der Waals surface area contributed by atoms with E-state index in [0.29, 0.717) is 39.7 Å². The van der Waals surface area contributed by atoms with E-state index in [2.05, 4.69) is 16.4 Å². The molecule has 0 radical (unpaired) electrons. The summed E-state index contributed by atoms with van der Waals surface area (Å²) in [5, 5.41) is 13.0. The number of aromatic amines is 1. The van der Waals surface area contributed by atoms with Gasteiger partial charge in [0.15, 0.2) is 0 Å². The van der Waals surface area contributed by atoms with Gasteiger partial charge < -0.3 is 19.8 Å². The molecule has 1 aliphatic rings. The Morgan fingerprint density at radius 1 is 1.25 bits per heavy atom. The quantitative estimate of drug-likeness (QED) is 0.569. The second kappa shape index (κ2) is 8.59. The van der Waals surface area contributed by atoms with Crippen molar-refractivity contribution in [2.75, 3.05) is 25.6 Å². The zero-order valence-electron chi connectivity index (χ0n) is 16.2. The van der Waals surface area contributed by atoms with Gasteiger partial charge in [-0.3, -0.25) is 4.79 Å². The fourth-order valence-corrected chi connectivity index (χ4v) is 4.75. The SMILES string of the molecule is COCCOC(=O)c1c(C)[nH]c(C(=O)Nc2sc3c(c2C#N)CCCC3)c1C. The lowest BCUT2D eigenvalue weighted by Gasteiger charge is -2.09. The van der Waals surface area contributed by atoms with Crippen molar-refractivity contribution < 1.29 is 19.1 Å². The number of fused-ring (bicyclic) bond motifs is 1. The van der Waals surface area contributed by atoms with Crippen LogP contribution in [0.5, 0.6) is 0 Å². The van der Waals surface area contributed by atoms with Gasteiger partial charge in [-0.25, -0.2) is 4.79 Å². The van der Waals surface area contributed by atoms with Crippen LogP contribution in [-0.2, 0) is 22.3 Å². The van der Waals surface area contributed by atoms with E-state index in [0.717, 1.165) is 31.2 Å². The topological polar surface area (TPSA) is 104 Å². The maximum atomic E-state index is 12.8. The third-order valence-corrected chi connectivity index (χ3v) is 6.11. The number of nitriles is 1. The number of hydrogen-bond acceptors (Lipinski definition) is 6. The lowest BCUT2D eigenvalue weighted by atomic mass is 9.96. The van der Waals surface area contributed by atoms with Crippen molar-refractivity contribution in [2.24, 2.45) is 0 Å². The van der Waals surface area contributed by atoms with Crippen molar-refractivity contribution in [3.8, 4) is 6.07 Å². The molecule has 0 unspecified atom stereocenters. The van der Waals surface area contributed by atoms with Crippen LogP contribution in [0, 0.1) is 25.2 Å². The number of aryl methyl sites for hydroxylation is 2. The van der Waals surface area contributed by atoms with Crippen LogP contribution in [0.4, 0.5) is 5.00 Å². The molecular formula is C20H23N3O4S. The number of esters is 1. The molecule has 0 aromatic carbocycles. The van der Waals surface area contributed by atoms with E-state index in [9.17, 15) is 14.9 Å². The van der Waals surface area contributed by atoms with Gasteiger partial charge in [-0.2, -0.15) is 5.26 Å². The van der Waals surface area contributed by atoms with Gasteiger partial charge in [-0.15, -0.1) is 11.3 Å². The number of aromatic nitrogens is 1. The van der Waals surface area contributed by atoms with Crippen molar-refractivity contribution in [3.63, 3.8) is 0 Å².